The molecule has 8 aromatic carbocycles. The molecule has 0 radical (unpaired) electrons. The van der Waals surface area contributed by atoms with Crippen molar-refractivity contribution < 1.29 is 8.83 Å². The number of allylic oxidation sites excluding steroid dienone is 4. The van der Waals surface area contributed by atoms with Crippen molar-refractivity contribution in [2.75, 3.05) is 0 Å². The lowest BCUT2D eigenvalue weighted by Crippen LogP contribution is -2.08. The van der Waals surface area contributed by atoms with Crippen molar-refractivity contribution in [2.45, 2.75) is 12.3 Å². The van der Waals surface area contributed by atoms with Gasteiger partial charge in [0.15, 0.2) is 11.6 Å². The Hall–Kier alpha value is -7.37. The van der Waals surface area contributed by atoms with Crippen LogP contribution in [-0.4, -0.2) is 15.0 Å². The third-order valence-electron chi connectivity index (χ3n) is 11.4. The number of benzene rings is 8. The number of aromatic nitrogens is 3. The summed E-state index contributed by atoms with van der Waals surface area (Å²) in [6, 6.07) is 51.1. The molecule has 262 valence electrons. The molecule has 0 fully saturated rings. The minimum absolute atomic E-state index is 0.0284. The van der Waals surface area contributed by atoms with E-state index in [1.807, 2.05) is 42.5 Å². The minimum atomic E-state index is 0.0284. The maximum absolute atomic E-state index is 6.65. The molecule has 5 heteroatoms. The third kappa shape index (κ3) is 4.71. The number of hydrogen-bond acceptors (Lipinski definition) is 5. The highest BCUT2D eigenvalue weighted by Gasteiger charge is 2.22. The zero-order valence-electron chi connectivity index (χ0n) is 30.1. The number of nitrogens with zero attached hydrogens (tertiary/aromatic N) is 3. The molecule has 1 atom stereocenters. The molecule has 11 aromatic rings. The molecule has 0 bridgehead atoms. The van der Waals surface area contributed by atoms with Crippen LogP contribution in [0.5, 0.6) is 0 Å². The number of furan rings is 2. The predicted octanol–water partition coefficient (Wildman–Crippen LogP) is 13.7. The van der Waals surface area contributed by atoms with Crippen molar-refractivity contribution in [3.05, 3.63) is 176 Å². The summed E-state index contributed by atoms with van der Waals surface area (Å²) < 4.78 is 12.9. The first kappa shape index (κ1) is 31.0. The van der Waals surface area contributed by atoms with Crippen LogP contribution in [0, 0.1) is 0 Å². The van der Waals surface area contributed by atoms with Gasteiger partial charge in [-0.25, -0.2) is 15.0 Å². The van der Waals surface area contributed by atoms with Crippen molar-refractivity contribution in [2.24, 2.45) is 0 Å². The van der Waals surface area contributed by atoms with Crippen molar-refractivity contribution in [1.29, 1.82) is 0 Å². The molecule has 56 heavy (non-hydrogen) atoms. The van der Waals surface area contributed by atoms with Gasteiger partial charge in [-0.2, -0.15) is 0 Å². The summed E-state index contributed by atoms with van der Waals surface area (Å²) in [6.07, 6.45) is 9.31. The van der Waals surface area contributed by atoms with Gasteiger partial charge in [0.2, 0.25) is 0 Å². The zero-order chi connectivity index (χ0) is 36.7. The summed E-state index contributed by atoms with van der Waals surface area (Å²) in [5, 5.41) is 11.6. The van der Waals surface area contributed by atoms with E-state index in [2.05, 4.69) is 127 Å². The van der Waals surface area contributed by atoms with Crippen LogP contribution in [0.15, 0.2) is 179 Å². The first-order chi connectivity index (χ1) is 27.7. The second-order valence-electron chi connectivity index (χ2n) is 14.6. The van der Waals surface area contributed by atoms with Gasteiger partial charge in [-0.3, -0.25) is 0 Å². The SMILES string of the molecule is C1=CCC(c2nc(-c3cccc4oc5ccccc5c34)nc(-c3cccc4oc5cc(-c6ccc7c8ccccc8c8ccccc8c7c6)ccc5c34)n2)C=C1. The van der Waals surface area contributed by atoms with Gasteiger partial charge in [0.25, 0.3) is 0 Å². The standard InChI is InChI=1S/C51H31N3O2/c1-2-12-30(13-3-1)49-52-50(40-19-10-22-44-47(40)38-18-8-9-21-43(38)55-44)54-51(53-49)41-20-11-23-45-48(41)39-27-25-32(29-46(39)56-45)31-24-26-37-35-16-5-4-14-33(35)34-15-6-7-17-36(34)42(37)28-31/h1-12,14-30H,13H2. The molecule has 3 heterocycles. The van der Waals surface area contributed by atoms with E-state index >= 15 is 0 Å². The second kappa shape index (κ2) is 12.1. The molecule has 0 spiro atoms. The minimum Gasteiger partial charge on any atom is -0.456 e. The number of hydrogen-bond donors (Lipinski definition) is 0. The number of rotatable bonds is 4. The van der Waals surface area contributed by atoms with E-state index < -0.39 is 0 Å². The first-order valence-corrected chi connectivity index (χ1v) is 19.0. The molecule has 0 amide bonds. The molecule has 12 rings (SSSR count). The molecular formula is C51H31N3O2. The molecule has 1 unspecified atom stereocenters. The van der Waals surface area contributed by atoms with Gasteiger partial charge in [-0.05, 0) is 86.3 Å². The van der Waals surface area contributed by atoms with E-state index in [-0.39, 0.29) is 5.92 Å². The van der Waals surface area contributed by atoms with Crippen LogP contribution in [0.2, 0.25) is 0 Å². The van der Waals surface area contributed by atoms with E-state index in [0.717, 1.165) is 78.4 Å². The highest BCUT2D eigenvalue weighted by Crippen LogP contribution is 2.42. The van der Waals surface area contributed by atoms with Crippen LogP contribution in [0.1, 0.15) is 18.2 Å². The highest BCUT2D eigenvalue weighted by atomic mass is 16.3. The quantitative estimate of drug-likeness (QED) is 0.170. The largest absolute Gasteiger partial charge is 0.456 e. The van der Waals surface area contributed by atoms with Gasteiger partial charge in [-0.15, -0.1) is 0 Å². The fourth-order valence-corrected chi connectivity index (χ4v) is 8.81. The molecule has 0 N–H and O–H groups in total. The van der Waals surface area contributed by atoms with Gasteiger partial charge in [-0.1, -0.05) is 133 Å². The van der Waals surface area contributed by atoms with Gasteiger partial charge >= 0.3 is 0 Å². The fraction of sp³-hybridized carbons (Fsp3) is 0.0392. The average molecular weight is 718 g/mol. The summed E-state index contributed by atoms with van der Waals surface area (Å²) in [5.41, 5.74) is 7.31. The van der Waals surface area contributed by atoms with E-state index in [1.165, 1.54) is 32.3 Å². The zero-order valence-corrected chi connectivity index (χ0v) is 30.1. The maximum atomic E-state index is 6.65. The predicted molar refractivity (Wildman–Crippen MR) is 229 cm³/mol. The molecule has 5 nitrogen and oxygen atoms in total. The Balaban J connectivity index is 1.03. The second-order valence-corrected chi connectivity index (χ2v) is 14.6. The van der Waals surface area contributed by atoms with E-state index in [1.54, 1.807) is 0 Å². The van der Waals surface area contributed by atoms with Gasteiger partial charge in [0.05, 0.1) is 0 Å². The molecule has 0 aliphatic heterocycles. The maximum Gasteiger partial charge on any atom is 0.164 e. The summed E-state index contributed by atoms with van der Waals surface area (Å²) in [4.78, 5) is 15.6. The Morgan fingerprint density at radius 1 is 0.411 bits per heavy atom. The Morgan fingerprint density at radius 2 is 0.929 bits per heavy atom. The smallest absolute Gasteiger partial charge is 0.164 e. The molecular weight excluding hydrogens is 687 g/mol. The molecule has 0 saturated heterocycles. The van der Waals surface area contributed by atoms with Crippen LogP contribution in [0.3, 0.4) is 0 Å². The van der Waals surface area contributed by atoms with Gasteiger partial charge in [0.1, 0.15) is 28.2 Å². The lowest BCUT2D eigenvalue weighted by Gasteiger charge is -2.15. The van der Waals surface area contributed by atoms with Crippen molar-refractivity contribution in [3.63, 3.8) is 0 Å². The van der Waals surface area contributed by atoms with Crippen LogP contribution in [0.4, 0.5) is 0 Å². The van der Waals surface area contributed by atoms with E-state index in [9.17, 15) is 0 Å². The monoisotopic (exact) mass is 717 g/mol. The lowest BCUT2D eigenvalue weighted by molar-refractivity contribution is 0.668. The van der Waals surface area contributed by atoms with Crippen molar-refractivity contribution >= 4 is 76.2 Å². The summed E-state index contributed by atoms with van der Waals surface area (Å²) >= 11 is 0. The van der Waals surface area contributed by atoms with Crippen molar-refractivity contribution in [1.82, 2.24) is 15.0 Å². The average Bonchev–Trinajstić information content (AvgIpc) is 3.85. The van der Waals surface area contributed by atoms with Gasteiger partial charge < -0.3 is 8.83 Å². The normalized spacial score (nSPS) is 14.4. The summed E-state index contributed by atoms with van der Waals surface area (Å²) in [5.74, 6) is 2.00. The topological polar surface area (TPSA) is 65.0 Å². The molecule has 3 aromatic heterocycles. The molecule has 1 aliphatic rings. The van der Waals surface area contributed by atoms with Crippen LogP contribution in [0.25, 0.3) is 110 Å². The van der Waals surface area contributed by atoms with Crippen LogP contribution >= 0.6 is 0 Å². The number of para-hydroxylation sites is 1. The first-order valence-electron chi connectivity index (χ1n) is 19.0. The molecule has 1 aliphatic carbocycles. The molecule has 0 saturated carbocycles. The summed E-state index contributed by atoms with van der Waals surface area (Å²) in [6.45, 7) is 0. The van der Waals surface area contributed by atoms with Crippen LogP contribution < -0.4 is 0 Å². The third-order valence-corrected chi connectivity index (χ3v) is 11.4. The van der Waals surface area contributed by atoms with Crippen LogP contribution in [-0.2, 0) is 0 Å². The highest BCUT2D eigenvalue weighted by molar-refractivity contribution is 6.26. The van der Waals surface area contributed by atoms with E-state index in [4.69, 9.17) is 23.8 Å². The van der Waals surface area contributed by atoms with Gasteiger partial charge in [0, 0.05) is 38.6 Å². The number of fused-ring (bicyclic) bond motifs is 12. The fourth-order valence-electron chi connectivity index (χ4n) is 8.81. The van der Waals surface area contributed by atoms with E-state index in [0.29, 0.717) is 11.6 Å². The lowest BCUT2D eigenvalue weighted by atomic mass is 9.92. The van der Waals surface area contributed by atoms with Crippen molar-refractivity contribution in [3.8, 4) is 33.9 Å². The Morgan fingerprint density at radius 3 is 1.57 bits per heavy atom. The Bertz CT molecular complexity index is 3440. The Kier molecular flexibility index (Phi) is 6.69. The summed E-state index contributed by atoms with van der Waals surface area (Å²) in [7, 11) is 0. The Labute approximate surface area is 320 Å².